The number of nitrogens with one attached hydrogen (secondary N) is 2. The number of amides is 1. The first-order chi connectivity index (χ1) is 16.2. The predicted molar refractivity (Wildman–Crippen MR) is 132 cm³/mol. The first-order valence-corrected chi connectivity index (χ1v) is 12.4. The van der Waals surface area contributed by atoms with Crippen LogP contribution >= 0.6 is 0 Å². The molecule has 0 spiro atoms. The maximum atomic E-state index is 15.1. The molecule has 1 aromatic heterocycles. The van der Waals surface area contributed by atoms with Crippen LogP contribution in [0.25, 0.3) is 10.9 Å². The molecule has 1 saturated carbocycles. The fourth-order valence-corrected chi connectivity index (χ4v) is 4.81. The molecule has 1 aliphatic rings. The number of rotatable bonds is 10. The highest BCUT2D eigenvalue weighted by Crippen LogP contribution is 2.29. The van der Waals surface area contributed by atoms with Gasteiger partial charge in [-0.1, -0.05) is 33.1 Å². The second-order valence-electron chi connectivity index (χ2n) is 9.38. The molecule has 1 aliphatic carbocycles. The Labute approximate surface area is 199 Å². The van der Waals surface area contributed by atoms with E-state index < -0.39 is 29.2 Å². The fourth-order valence-electron chi connectivity index (χ4n) is 4.81. The number of benzene rings is 1. The zero-order valence-electron chi connectivity index (χ0n) is 20.3. The topological polar surface area (TPSA) is 100 Å². The molecule has 1 atom stereocenters. The third-order valence-corrected chi connectivity index (χ3v) is 6.84. The molecule has 1 unspecified atom stereocenters. The van der Waals surface area contributed by atoms with Gasteiger partial charge in [0.2, 0.25) is 5.43 Å². The van der Waals surface area contributed by atoms with Gasteiger partial charge in [0, 0.05) is 36.1 Å². The minimum Gasteiger partial charge on any atom is -0.481 e. The van der Waals surface area contributed by atoms with Crippen LogP contribution in [-0.4, -0.2) is 33.6 Å². The molecule has 0 bridgehead atoms. The molecule has 34 heavy (non-hydrogen) atoms. The maximum absolute atomic E-state index is 15.1. The second kappa shape index (κ2) is 11.5. The third-order valence-electron chi connectivity index (χ3n) is 6.84. The van der Waals surface area contributed by atoms with Crippen molar-refractivity contribution >= 4 is 28.5 Å². The van der Waals surface area contributed by atoms with Gasteiger partial charge >= 0.3 is 5.97 Å². The molecule has 1 heterocycles. The summed E-state index contributed by atoms with van der Waals surface area (Å²) in [6.45, 7) is 5.78. The molecule has 1 amide bonds. The van der Waals surface area contributed by atoms with Crippen LogP contribution in [0.1, 0.15) is 95.0 Å². The van der Waals surface area contributed by atoms with Crippen LogP contribution < -0.4 is 16.1 Å². The molecule has 8 heteroatoms. The smallest absolute Gasteiger partial charge is 0.303 e. The number of aromatic nitrogens is 1. The average molecular weight is 474 g/mol. The van der Waals surface area contributed by atoms with E-state index in [1.807, 2.05) is 18.4 Å². The standard InChI is InChI=1S/C26H36FN3O4/c1-4-18(5-2)30-15-20(26(34)28-16(3)11-12-24(31)32)25(33)19-13-21(27)22(14-23(19)30)29-17-9-7-6-8-10-17/h13-18,29H,4-12H2,1-3H3,(H,28,34)(H,31,32). The van der Waals surface area contributed by atoms with Gasteiger partial charge in [-0.05, 0) is 51.2 Å². The molecule has 1 aromatic carbocycles. The van der Waals surface area contributed by atoms with E-state index >= 15 is 4.39 Å². The molecular formula is C26H36FN3O4. The van der Waals surface area contributed by atoms with Gasteiger partial charge in [-0.25, -0.2) is 4.39 Å². The van der Waals surface area contributed by atoms with Gasteiger partial charge in [0.25, 0.3) is 5.91 Å². The van der Waals surface area contributed by atoms with Gasteiger partial charge in [0.05, 0.1) is 11.2 Å². The summed E-state index contributed by atoms with van der Waals surface area (Å²) < 4.78 is 17.0. The van der Waals surface area contributed by atoms with Crippen LogP contribution in [-0.2, 0) is 4.79 Å². The summed E-state index contributed by atoms with van der Waals surface area (Å²) in [6, 6.07) is 2.78. The number of hydrogen-bond acceptors (Lipinski definition) is 4. The van der Waals surface area contributed by atoms with E-state index in [0.717, 1.165) is 38.5 Å². The van der Waals surface area contributed by atoms with Crippen molar-refractivity contribution in [3.63, 3.8) is 0 Å². The predicted octanol–water partition coefficient (Wildman–Crippen LogP) is 5.23. The van der Waals surface area contributed by atoms with Crippen LogP contribution in [0, 0.1) is 5.82 Å². The highest BCUT2D eigenvalue weighted by atomic mass is 19.1. The quantitative estimate of drug-likeness (QED) is 0.439. The minimum atomic E-state index is -0.948. The van der Waals surface area contributed by atoms with Crippen molar-refractivity contribution in [3.05, 3.63) is 39.9 Å². The van der Waals surface area contributed by atoms with Gasteiger partial charge in [0.15, 0.2) is 0 Å². The highest BCUT2D eigenvalue weighted by molar-refractivity contribution is 5.98. The van der Waals surface area contributed by atoms with Crippen molar-refractivity contribution in [2.24, 2.45) is 0 Å². The van der Waals surface area contributed by atoms with Crippen LogP contribution in [0.4, 0.5) is 10.1 Å². The Morgan fingerprint density at radius 3 is 2.47 bits per heavy atom. The number of carboxylic acid groups (broad SMARTS) is 1. The summed E-state index contributed by atoms with van der Waals surface area (Å²) in [4.78, 5) is 37.0. The van der Waals surface area contributed by atoms with Crippen molar-refractivity contribution in [2.45, 2.75) is 96.7 Å². The van der Waals surface area contributed by atoms with Crippen molar-refractivity contribution in [3.8, 4) is 0 Å². The summed E-state index contributed by atoms with van der Waals surface area (Å²) in [5, 5.41) is 15.1. The molecule has 7 nitrogen and oxygen atoms in total. The molecular weight excluding hydrogens is 437 g/mol. The number of carbonyl (C=O) groups is 2. The third kappa shape index (κ3) is 5.96. The van der Waals surface area contributed by atoms with Crippen LogP contribution in [0.3, 0.4) is 0 Å². The van der Waals surface area contributed by atoms with E-state index in [1.165, 1.54) is 12.5 Å². The number of pyridine rings is 1. The van der Waals surface area contributed by atoms with E-state index in [0.29, 0.717) is 11.2 Å². The minimum absolute atomic E-state index is 0.0343. The lowest BCUT2D eigenvalue weighted by molar-refractivity contribution is -0.137. The lowest BCUT2D eigenvalue weighted by Gasteiger charge is -2.26. The first kappa shape index (κ1) is 25.7. The molecule has 0 aliphatic heterocycles. The molecule has 186 valence electrons. The Balaban J connectivity index is 2.03. The van der Waals surface area contributed by atoms with E-state index in [1.54, 1.807) is 19.2 Å². The van der Waals surface area contributed by atoms with E-state index in [9.17, 15) is 14.4 Å². The summed E-state index contributed by atoms with van der Waals surface area (Å²) in [5.41, 5.74) is 0.407. The van der Waals surface area contributed by atoms with Crippen LogP contribution in [0.5, 0.6) is 0 Å². The fraction of sp³-hybridized carbons (Fsp3) is 0.577. The van der Waals surface area contributed by atoms with Gasteiger partial charge in [0.1, 0.15) is 11.4 Å². The molecule has 0 saturated heterocycles. The first-order valence-electron chi connectivity index (χ1n) is 12.4. The molecule has 3 rings (SSSR count). The zero-order chi connectivity index (χ0) is 24.8. The lowest BCUT2D eigenvalue weighted by atomic mass is 9.95. The van der Waals surface area contributed by atoms with Gasteiger partial charge < -0.3 is 20.3 Å². The summed E-state index contributed by atoms with van der Waals surface area (Å²) in [7, 11) is 0. The van der Waals surface area contributed by atoms with Crippen molar-refractivity contribution in [1.82, 2.24) is 9.88 Å². The maximum Gasteiger partial charge on any atom is 0.303 e. The van der Waals surface area contributed by atoms with Gasteiger partial charge in [-0.15, -0.1) is 0 Å². The average Bonchev–Trinajstić information content (AvgIpc) is 2.81. The summed E-state index contributed by atoms with van der Waals surface area (Å²) >= 11 is 0. The van der Waals surface area contributed by atoms with Crippen LogP contribution in [0.15, 0.2) is 23.1 Å². The number of anilines is 1. The number of halogens is 1. The highest BCUT2D eigenvalue weighted by Gasteiger charge is 2.22. The number of carbonyl (C=O) groups excluding carboxylic acids is 1. The Morgan fingerprint density at radius 2 is 1.85 bits per heavy atom. The Hall–Kier alpha value is -2.90. The zero-order valence-corrected chi connectivity index (χ0v) is 20.3. The van der Waals surface area contributed by atoms with E-state index in [2.05, 4.69) is 10.6 Å². The molecule has 3 N–H and O–H groups in total. The van der Waals surface area contributed by atoms with Gasteiger partial charge in [-0.3, -0.25) is 14.4 Å². The summed E-state index contributed by atoms with van der Waals surface area (Å²) in [6.07, 6.45) is 8.74. The Kier molecular flexibility index (Phi) is 8.69. The second-order valence-corrected chi connectivity index (χ2v) is 9.38. The Bertz CT molecular complexity index is 1090. The number of nitrogens with zero attached hydrogens (tertiary/aromatic N) is 1. The van der Waals surface area contributed by atoms with E-state index in [4.69, 9.17) is 5.11 Å². The van der Waals surface area contributed by atoms with Crippen LogP contribution in [0.2, 0.25) is 0 Å². The number of hydrogen-bond donors (Lipinski definition) is 3. The lowest BCUT2D eigenvalue weighted by Crippen LogP contribution is -2.36. The largest absolute Gasteiger partial charge is 0.481 e. The molecule has 1 fully saturated rings. The Morgan fingerprint density at radius 1 is 1.18 bits per heavy atom. The SMILES string of the molecule is CCC(CC)n1cc(C(=O)NC(C)CCC(=O)O)c(=O)c2cc(F)c(NC3CCCCC3)cc21. The monoisotopic (exact) mass is 473 g/mol. The van der Waals surface area contributed by atoms with Crippen molar-refractivity contribution in [1.29, 1.82) is 0 Å². The molecule has 2 aromatic rings. The number of fused-ring (bicyclic) bond motifs is 1. The van der Waals surface area contributed by atoms with E-state index in [-0.39, 0.29) is 35.9 Å². The van der Waals surface area contributed by atoms with Crippen molar-refractivity contribution in [2.75, 3.05) is 5.32 Å². The normalized spacial score (nSPS) is 15.4. The molecule has 0 radical (unpaired) electrons. The number of aliphatic carboxylic acids is 1. The van der Waals surface area contributed by atoms with Gasteiger partial charge in [-0.2, -0.15) is 0 Å². The number of carboxylic acids is 1. The van der Waals surface area contributed by atoms with Crippen molar-refractivity contribution < 1.29 is 19.1 Å². The summed E-state index contributed by atoms with van der Waals surface area (Å²) in [5.74, 6) is -2.02.